The normalized spacial score (nSPS) is 22.5. The van der Waals surface area contributed by atoms with Gasteiger partial charge in [-0.1, -0.05) is 0 Å². The molecule has 1 unspecified atom stereocenters. The Morgan fingerprint density at radius 3 is 2.89 bits per heavy atom. The highest BCUT2D eigenvalue weighted by molar-refractivity contribution is 7.11. The smallest absolute Gasteiger partial charge is 0.0300 e. The highest BCUT2D eigenvalue weighted by atomic mass is 32.1. The van der Waals surface area contributed by atoms with Crippen LogP contribution in [0.25, 0.3) is 0 Å². The maximum atomic E-state index is 3.55. The van der Waals surface area contributed by atoms with Crippen molar-refractivity contribution in [3.63, 3.8) is 0 Å². The Labute approximate surface area is 115 Å². The zero-order chi connectivity index (χ0) is 13.0. The number of nitrogens with one attached hydrogen (secondary N) is 1. The summed E-state index contributed by atoms with van der Waals surface area (Å²) in [7, 11) is 2.21. The van der Waals surface area contributed by atoms with Gasteiger partial charge < -0.3 is 10.2 Å². The summed E-state index contributed by atoms with van der Waals surface area (Å²) in [4.78, 5) is 7.86. The molecule has 1 fully saturated rings. The summed E-state index contributed by atoms with van der Waals surface area (Å²) in [6.07, 6.45) is 0. The Morgan fingerprint density at radius 2 is 2.22 bits per heavy atom. The van der Waals surface area contributed by atoms with Crippen molar-refractivity contribution in [1.29, 1.82) is 0 Å². The lowest BCUT2D eigenvalue weighted by Gasteiger charge is -2.38. The zero-order valence-electron chi connectivity index (χ0n) is 11.8. The van der Waals surface area contributed by atoms with Gasteiger partial charge in [-0.3, -0.25) is 4.90 Å². The summed E-state index contributed by atoms with van der Waals surface area (Å²) < 4.78 is 0. The van der Waals surface area contributed by atoms with Crippen LogP contribution in [0.1, 0.15) is 16.7 Å². The maximum Gasteiger partial charge on any atom is 0.0300 e. The molecule has 0 saturated carbocycles. The van der Waals surface area contributed by atoms with Crippen LogP contribution < -0.4 is 5.32 Å². The van der Waals surface area contributed by atoms with E-state index in [4.69, 9.17) is 0 Å². The van der Waals surface area contributed by atoms with E-state index in [9.17, 15) is 0 Å². The standard InChI is InChI=1S/C14H25N3S/c1-12-11-16(3)8-9-17(12)7-6-15-10-14-5-4-13(2)18-14/h4-5,12,15H,6-11H2,1-3H3. The van der Waals surface area contributed by atoms with Gasteiger partial charge in [0.1, 0.15) is 0 Å². The Balaban J connectivity index is 1.63. The summed E-state index contributed by atoms with van der Waals surface area (Å²) >= 11 is 1.89. The fraction of sp³-hybridized carbons (Fsp3) is 0.714. The second kappa shape index (κ2) is 6.66. The number of hydrogen-bond donors (Lipinski definition) is 1. The molecule has 4 heteroatoms. The molecule has 1 aliphatic heterocycles. The van der Waals surface area contributed by atoms with Gasteiger partial charge >= 0.3 is 0 Å². The van der Waals surface area contributed by atoms with Crippen molar-refractivity contribution in [2.24, 2.45) is 0 Å². The molecule has 0 bridgehead atoms. The topological polar surface area (TPSA) is 18.5 Å². The first kappa shape index (κ1) is 14.0. The Hall–Kier alpha value is -0.420. The Kier molecular flexibility index (Phi) is 5.18. The van der Waals surface area contributed by atoms with E-state index in [1.807, 2.05) is 11.3 Å². The van der Waals surface area contributed by atoms with E-state index in [1.165, 1.54) is 35.9 Å². The predicted molar refractivity (Wildman–Crippen MR) is 79.3 cm³/mol. The van der Waals surface area contributed by atoms with E-state index < -0.39 is 0 Å². The third-order valence-electron chi connectivity index (χ3n) is 3.64. The third-order valence-corrected chi connectivity index (χ3v) is 4.64. The SMILES string of the molecule is Cc1ccc(CNCCN2CCN(C)CC2C)s1. The van der Waals surface area contributed by atoms with Crippen LogP contribution in [-0.2, 0) is 6.54 Å². The van der Waals surface area contributed by atoms with Crippen molar-refractivity contribution >= 4 is 11.3 Å². The van der Waals surface area contributed by atoms with Crippen molar-refractivity contribution in [2.45, 2.75) is 26.4 Å². The fourth-order valence-corrected chi connectivity index (χ4v) is 3.38. The van der Waals surface area contributed by atoms with Crippen LogP contribution in [0, 0.1) is 6.92 Å². The van der Waals surface area contributed by atoms with E-state index >= 15 is 0 Å². The first-order valence-corrected chi connectivity index (χ1v) is 7.65. The van der Waals surface area contributed by atoms with E-state index in [2.05, 4.69) is 48.1 Å². The van der Waals surface area contributed by atoms with E-state index in [0.717, 1.165) is 13.1 Å². The summed E-state index contributed by atoms with van der Waals surface area (Å²) in [6, 6.07) is 5.12. The molecule has 0 aromatic carbocycles. The average Bonchev–Trinajstić information content (AvgIpc) is 2.73. The highest BCUT2D eigenvalue weighted by Crippen LogP contribution is 2.14. The Bertz CT molecular complexity index is 364. The number of aryl methyl sites for hydroxylation is 1. The van der Waals surface area contributed by atoms with Gasteiger partial charge in [-0.05, 0) is 33.0 Å². The van der Waals surface area contributed by atoms with Crippen LogP contribution in [-0.4, -0.2) is 55.6 Å². The monoisotopic (exact) mass is 267 g/mol. The molecule has 0 spiro atoms. The van der Waals surface area contributed by atoms with Gasteiger partial charge in [-0.2, -0.15) is 0 Å². The van der Waals surface area contributed by atoms with Gasteiger partial charge in [0.15, 0.2) is 0 Å². The minimum Gasteiger partial charge on any atom is -0.311 e. The molecule has 0 radical (unpaired) electrons. The molecular weight excluding hydrogens is 242 g/mol. The number of hydrogen-bond acceptors (Lipinski definition) is 4. The maximum absolute atomic E-state index is 3.55. The zero-order valence-corrected chi connectivity index (χ0v) is 12.6. The molecule has 102 valence electrons. The first-order chi connectivity index (χ1) is 8.65. The molecule has 2 rings (SSSR count). The molecule has 3 nitrogen and oxygen atoms in total. The minimum atomic E-state index is 0.689. The van der Waals surface area contributed by atoms with E-state index in [1.54, 1.807) is 0 Å². The summed E-state index contributed by atoms with van der Waals surface area (Å²) in [5.41, 5.74) is 0. The van der Waals surface area contributed by atoms with Crippen molar-refractivity contribution in [1.82, 2.24) is 15.1 Å². The van der Waals surface area contributed by atoms with Gasteiger partial charge in [0.05, 0.1) is 0 Å². The third kappa shape index (κ3) is 4.05. The highest BCUT2D eigenvalue weighted by Gasteiger charge is 2.20. The molecule has 1 aromatic rings. The van der Waals surface area contributed by atoms with Crippen molar-refractivity contribution in [2.75, 3.05) is 39.8 Å². The molecule has 1 N–H and O–H groups in total. The number of nitrogens with zero attached hydrogens (tertiary/aromatic N) is 2. The molecular formula is C14H25N3S. The number of likely N-dealkylation sites (N-methyl/N-ethyl adjacent to an activating group) is 1. The lowest BCUT2D eigenvalue weighted by atomic mass is 10.2. The van der Waals surface area contributed by atoms with Crippen molar-refractivity contribution in [3.8, 4) is 0 Å². The quantitative estimate of drug-likeness (QED) is 0.821. The average molecular weight is 267 g/mol. The van der Waals surface area contributed by atoms with E-state index in [-0.39, 0.29) is 0 Å². The van der Waals surface area contributed by atoms with Gasteiger partial charge in [0, 0.05) is 55.1 Å². The second-order valence-electron chi connectivity index (χ2n) is 5.34. The molecule has 0 amide bonds. The molecule has 1 aromatic heterocycles. The van der Waals surface area contributed by atoms with Gasteiger partial charge in [0.2, 0.25) is 0 Å². The van der Waals surface area contributed by atoms with Crippen molar-refractivity contribution in [3.05, 3.63) is 21.9 Å². The molecule has 2 heterocycles. The van der Waals surface area contributed by atoms with Gasteiger partial charge in [-0.15, -0.1) is 11.3 Å². The van der Waals surface area contributed by atoms with Crippen LogP contribution in [0.5, 0.6) is 0 Å². The van der Waals surface area contributed by atoms with Crippen LogP contribution >= 0.6 is 11.3 Å². The second-order valence-corrected chi connectivity index (χ2v) is 6.71. The number of thiophene rings is 1. The molecule has 18 heavy (non-hydrogen) atoms. The van der Waals surface area contributed by atoms with E-state index in [0.29, 0.717) is 6.04 Å². The lowest BCUT2D eigenvalue weighted by Crippen LogP contribution is -2.51. The number of piperazine rings is 1. The van der Waals surface area contributed by atoms with Crippen LogP contribution in [0.15, 0.2) is 12.1 Å². The molecule has 1 saturated heterocycles. The molecule has 1 atom stereocenters. The summed E-state index contributed by atoms with van der Waals surface area (Å²) in [5.74, 6) is 0. The first-order valence-electron chi connectivity index (χ1n) is 6.84. The van der Waals surface area contributed by atoms with Crippen molar-refractivity contribution < 1.29 is 0 Å². The molecule has 1 aliphatic rings. The van der Waals surface area contributed by atoms with Crippen LogP contribution in [0.2, 0.25) is 0 Å². The summed E-state index contributed by atoms with van der Waals surface area (Å²) in [5, 5.41) is 3.55. The van der Waals surface area contributed by atoms with Crippen LogP contribution in [0.4, 0.5) is 0 Å². The Morgan fingerprint density at radius 1 is 1.39 bits per heavy atom. The largest absolute Gasteiger partial charge is 0.311 e. The van der Waals surface area contributed by atoms with Gasteiger partial charge in [-0.25, -0.2) is 0 Å². The fourth-order valence-electron chi connectivity index (χ4n) is 2.52. The lowest BCUT2D eigenvalue weighted by molar-refractivity contribution is 0.101. The van der Waals surface area contributed by atoms with Gasteiger partial charge in [0.25, 0.3) is 0 Å². The van der Waals surface area contributed by atoms with Crippen LogP contribution in [0.3, 0.4) is 0 Å². The minimum absolute atomic E-state index is 0.689. The number of rotatable bonds is 5. The summed E-state index contributed by atoms with van der Waals surface area (Å²) in [6.45, 7) is 11.4. The predicted octanol–water partition coefficient (Wildman–Crippen LogP) is 1.78. The molecule has 0 aliphatic carbocycles.